The topological polar surface area (TPSA) is 88.2 Å². The van der Waals surface area contributed by atoms with Gasteiger partial charge in [-0.2, -0.15) is 10.1 Å². The van der Waals surface area contributed by atoms with Crippen molar-refractivity contribution in [1.82, 2.24) is 25.2 Å². The Balaban J connectivity index is 1.52. The molecule has 1 fully saturated rings. The Labute approximate surface area is 163 Å². The first-order chi connectivity index (χ1) is 13.6. The van der Waals surface area contributed by atoms with Crippen LogP contribution >= 0.6 is 0 Å². The molecule has 3 aromatic rings. The van der Waals surface area contributed by atoms with E-state index < -0.39 is 0 Å². The zero-order valence-electron chi connectivity index (χ0n) is 16.0. The van der Waals surface area contributed by atoms with E-state index in [-0.39, 0.29) is 5.91 Å². The van der Waals surface area contributed by atoms with Crippen LogP contribution in [0.1, 0.15) is 28.3 Å². The monoisotopic (exact) mass is 378 g/mol. The van der Waals surface area contributed by atoms with Crippen LogP contribution in [-0.4, -0.2) is 57.3 Å². The molecule has 1 aromatic carbocycles. The van der Waals surface area contributed by atoms with Gasteiger partial charge in [-0.1, -0.05) is 17.3 Å². The average Bonchev–Trinajstić information content (AvgIpc) is 3.00. The molecule has 2 aromatic heterocycles. The molecule has 1 aliphatic rings. The summed E-state index contributed by atoms with van der Waals surface area (Å²) >= 11 is 0. The number of benzene rings is 1. The van der Waals surface area contributed by atoms with Crippen LogP contribution in [0, 0.1) is 13.8 Å². The quantitative estimate of drug-likeness (QED) is 0.692. The van der Waals surface area contributed by atoms with E-state index in [4.69, 9.17) is 4.52 Å². The molecule has 28 heavy (non-hydrogen) atoms. The summed E-state index contributed by atoms with van der Waals surface area (Å²) in [6.45, 7) is 6.53. The molecule has 144 valence electrons. The van der Waals surface area contributed by atoms with E-state index in [9.17, 15) is 4.79 Å². The van der Waals surface area contributed by atoms with Crippen LogP contribution in [0.3, 0.4) is 0 Å². The number of aromatic nitrogens is 4. The van der Waals surface area contributed by atoms with E-state index in [1.807, 2.05) is 48.2 Å². The first kappa shape index (κ1) is 18.1. The summed E-state index contributed by atoms with van der Waals surface area (Å²) in [6, 6.07) is 11.3. The number of hydrogen-bond acceptors (Lipinski definition) is 7. The summed E-state index contributed by atoms with van der Waals surface area (Å²) in [5, 5.41) is 12.3. The first-order valence-electron chi connectivity index (χ1n) is 9.36. The summed E-state index contributed by atoms with van der Waals surface area (Å²) in [5.74, 6) is 1.74. The van der Waals surface area contributed by atoms with Crippen LogP contribution in [0.2, 0.25) is 0 Å². The molecule has 0 N–H and O–H groups in total. The third-order valence-corrected chi connectivity index (χ3v) is 4.81. The van der Waals surface area contributed by atoms with Crippen molar-refractivity contribution in [3.8, 4) is 11.5 Å². The van der Waals surface area contributed by atoms with Gasteiger partial charge in [0.15, 0.2) is 11.6 Å². The lowest BCUT2D eigenvalue weighted by atomic mass is 10.1. The maximum atomic E-state index is 13.2. The Morgan fingerprint density at radius 3 is 2.61 bits per heavy atom. The Hall–Kier alpha value is -3.29. The van der Waals surface area contributed by atoms with Crippen molar-refractivity contribution in [3.63, 3.8) is 0 Å². The first-order valence-corrected chi connectivity index (χ1v) is 9.36. The highest BCUT2D eigenvalue weighted by Gasteiger charge is 2.24. The molecular formula is C20H22N6O2. The van der Waals surface area contributed by atoms with Crippen molar-refractivity contribution in [2.45, 2.75) is 20.3 Å². The molecule has 0 spiro atoms. The van der Waals surface area contributed by atoms with Crippen molar-refractivity contribution in [1.29, 1.82) is 0 Å². The highest BCUT2D eigenvalue weighted by molar-refractivity contribution is 6.00. The molecule has 8 nitrogen and oxygen atoms in total. The van der Waals surface area contributed by atoms with Gasteiger partial charge in [0.1, 0.15) is 0 Å². The van der Waals surface area contributed by atoms with Crippen LogP contribution in [0.25, 0.3) is 11.5 Å². The van der Waals surface area contributed by atoms with Crippen LogP contribution in [0.5, 0.6) is 0 Å². The number of hydrogen-bond donors (Lipinski definition) is 0. The Morgan fingerprint density at radius 2 is 1.86 bits per heavy atom. The van der Waals surface area contributed by atoms with Gasteiger partial charge >= 0.3 is 0 Å². The Morgan fingerprint density at radius 1 is 1.00 bits per heavy atom. The number of aryl methyl sites for hydroxylation is 2. The molecule has 0 unspecified atom stereocenters. The normalized spacial score (nSPS) is 14.8. The highest BCUT2D eigenvalue weighted by Crippen LogP contribution is 2.24. The minimum Gasteiger partial charge on any atom is -0.353 e. The lowest BCUT2D eigenvalue weighted by Crippen LogP contribution is -2.35. The fraction of sp³-hybridized carbons (Fsp3) is 0.350. The fourth-order valence-corrected chi connectivity index (χ4v) is 3.34. The van der Waals surface area contributed by atoms with Crippen LogP contribution in [0.4, 0.5) is 5.82 Å². The number of amides is 1. The molecule has 1 aliphatic heterocycles. The number of carbonyl (C=O) groups is 1. The highest BCUT2D eigenvalue weighted by atomic mass is 16.5. The maximum Gasteiger partial charge on any atom is 0.258 e. The van der Waals surface area contributed by atoms with Crippen molar-refractivity contribution < 1.29 is 9.32 Å². The number of rotatable bonds is 3. The number of anilines is 1. The van der Waals surface area contributed by atoms with E-state index in [0.717, 1.165) is 24.5 Å². The minimum atomic E-state index is -0.0247. The fourth-order valence-electron chi connectivity index (χ4n) is 3.34. The Kier molecular flexibility index (Phi) is 5.01. The van der Waals surface area contributed by atoms with Crippen LogP contribution < -0.4 is 4.90 Å². The molecule has 8 heteroatoms. The molecule has 0 atom stereocenters. The summed E-state index contributed by atoms with van der Waals surface area (Å²) in [7, 11) is 0. The van der Waals surface area contributed by atoms with E-state index >= 15 is 0 Å². The second kappa shape index (κ2) is 7.75. The standard InChI is InChI=1S/C20H22N6O2/c1-14-8-9-18(23-22-14)25-10-5-11-26(13-12-25)20(27)17-7-4-3-6-16(17)19-21-15(2)24-28-19/h3-4,6-9H,5,10-13H2,1-2H3. The molecule has 0 bridgehead atoms. The van der Waals surface area contributed by atoms with Gasteiger partial charge in [0.2, 0.25) is 0 Å². The van der Waals surface area contributed by atoms with Crippen molar-refractivity contribution in [2.24, 2.45) is 0 Å². The molecule has 4 rings (SSSR count). The second-order valence-electron chi connectivity index (χ2n) is 6.86. The Bertz CT molecular complexity index is 969. The second-order valence-corrected chi connectivity index (χ2v) is 6.86. The van der Waals surface area contributed by atoms with Gasteiger partial charge in [-0.15, -0.1) is 5.10 Å². The third kappa shape index (κ3) is 3.71. The summed E-state index contributed by atoms with van der Waals surface area (Å²) in [4.78, 5) is 21.6. The zero-order valence-corrected chi connectivity index (χ0v) is 16.0. The SMILES string of the molecule is Cc1ccc(N2CCCN(C(=O)c3ccccc3-c3nc(C)no3)CC2)nn1. The van der Waals surface area contributed by atoms with E-state index in [1.165, 1.54) is 0 Å². The third-order valence-electron chi connectivity index (χ3n) is 4.81. The van der Waals surface area contributed by atoms with Gasteiger partial charge in [0.05, 0.1) is 16.8 Å². The lowest BCUT2D eigenvalue weighted by molar-refractivity contribution is 0.0767. The predicted molar refractivity (Wildman–Crippen MR) is 104 cm³/mol. The van der Waals surface area contributed by atoms with E-state index in [2.05, 4.69) is 25.2 Å². The molecule has 0 saturated carbocycles. The van der Waals surface area contributed by atoms with Gasteiger partial charge in [-0.3, -0.25) is 4.79 Å². The molecular weight excluding hydrogens is 356 g/mol. The molecule has 3 heterocycles. The number of nitrogens with zero attached hydrogens (tertiary/aromatic N) is 6. The van der Waals surface area contributed by atoms with Gasteiger partial charge in [0, 0.05) is 26.2 Å². The van der Waals surface area contributed by atoms with Crippen molar-refractivity contribution in [3.05, 3.63) is 53.5 Å². The zero-order chi connectivity index (χ0) is 19.5. The molecule has 1 saturated heterocycles. The van der Waals surface area contributed by atoms with Gasteiger partial charge in [0.25, 0.3) is 11.8 Å². The van der Waals surface area contributed by atoms with Crippen molar-refractivity contribution in [2.75, 3.05) is 31.1 Å². The largest absolute Gasteiger partial charge is 0.353 e. The van der Waals surface area contributed by atoms with Crippen LogP contribution in [0.15, 0.2) is 40.9 Å². The smallest absolute Gasteiger partial charge is 0.258 e. The summed E-state index contributed by atoms with van der Waals surface area (Å²) in [5.41, 5.74) is 2.14. The van der Waals surface area contributed by atoms with Gasteiger partial charge < -0.3 is 14.3 Å². The average molecular weight is 378 g/mol. The molecule has 0 aliphatic carbocycles. The number of carbonyl (C=O) groups excluding carboxylic acids is 1. The van der Waals surface area contributed by atoms with Gasteiger partial charge in [-0.05, 0) is 44.5 Å². The predicted octanol–water partition coefficient (Wildman–Crippen LogP) is 2.50. The molecule has 1 amide bonds. The lowest BCUT2D eigenvalue weighted by Gasteiger charge is -2.23. The van der Waals surface area contributed by atoms with E-state index in [1.54, 1.807) is 6.92 Å². The molecule has 0 radical (unpaired) electrons. The van der Waals surface area contributed by atoms with Crippen molar-refractivity contribution >= 4 is 11.7 Å². The maximum absolute atomic E-state index is 13.2. The minimum absolute atomic E-state index is 0.0247. The van der Waals surface area contributed by atoms with Gasteiger partial charge in [-0.25, -0.2) is 0 Å². The summed E-state index contributed by atoms with van der Waals surface area (Å²) in [6.07, 6.45) is 0.864. The van der Waals surface area contributed by atoms with E-state index in [0.29, 0.717) is 42.5 Å². The van der Waals surface area contributed by atoms with Crippen LogP contribution in [-0.2, 0) is 0 Å². The summed E-state index contributed by atoms with van der Waals surface area (Å²) < 4.78 is 5.28.